The minimum absolute atomic E-state index is 0.0914. The monoisotopic (exact) mass is 443 g/mol. The highest BCUT2D eigenvalue weighted by atomic mass is 16.5. The summed E-state index contributed by atoms with van der Waals surface area (Å²) in [4.78, 5) is 12.3. The summed E-state index contributed by atoms with van der Waals surface area (Å²) >= 11 is 0. The van der Waals surface area contributed by atoms with E-state index in [-0.39, 0.29) is 12.7 Å². The van der Waals surface area contributed by atoms with Crippen molar-refractivity contribution in [3.63, 3.8) is 0 Å². The molecule has 6 nitrogen and oxygen atoms in total. The molecular formula is C27H29N3O3. The molecule has 0 atom stereocenters. The first-order valence-corrected chi connectivity index (χ1v) is 11.1. The summed E-state index contributed by atoms with van der Waals surface area (Å²) < 4.78 is 13.4. The van der Waals surface area contributed by atoms with Gasteiger partial charge in [-0.15, -0.1) is 0 Å². The van der Waals surface area contributed by atoms with Crippen LogP contribution in [-0.4, -0.2) is 16.8 Å². The first-order valence-electron chi connectivity index (χ1n) is 11.1. The number of carbonyl (C=O) groups excluding carboxylic acids is 1. The van der Waals surface area contributed by atoms with Gasteiger partial charge in [-0.05, 0) is 50.6 Å². The van der Waals surface area contributed by atoms with Crippen LogP contribution in [0.2, 0.25) is 0 Å². The van der Waals surface area contributed by atoms with Crippen LogP contribution in [0.4, 0.5) is 16.2 Å². The zero-order valence-corrected chi connectivity index (χ0v) is 19.2. The fourth-order valence-corrected chi connectivity index (χ4v) is 3.96. The summed E-state index contributed by atoms with van der Waals surface area (Å²) in [5, 5.41) is 3.79. The highest BCUT2D eigenvalue weighted by Gasteiger charge is 2.17. The van der Waals surface area contributed by atoms with Gasteiger partial charge in [-0.25, -0.2) is 4.79 Å². The summed E-state index contributed by atoms with van der Waals surface area (Å²) in [5.41, 5.74) is 11.7. The molecule has 0 aliphatic carbocycles. The van der Waals surface area contributed by atoms with Gasteiger partial charge in [0.1, 0.15) is 12.4 Å². The minimum Gasteiger partial charge on any atom is -0.491 e. The van der Waals surface area contributed by atoms with Crippen molar-refractivity contribution in [2.45, 2.75) is 40.0 Å². The van der Waals surface area contributed by atoms with Crippen molar-refractivity contribution in [2.75, 3.05) is 11.1 Å². The third-order valence-corrected chi connectivity index (χ3v) is 5.36. The first-order chi connectivity index (χ1) is 16.0. The lowest BCUT2D eigenvalue weighted by atomic mass is 10.1. The van der Waals surface area contributed by atoms with E-state index in [4.69, 9.17) is 15.2 Å². The normalized spacial score (nSPS) is 11.0. The molecular weight excluding hydrogens is 414 g/mol. The van der Waals surface area contributed by atoms with Crippen LogP contribution in [0.25, 0.3) is 22.2 Å². The Morgan fingerprint density at radius 2 is 1.82 bits per heavy atom. The van der Waals surface area contributed by atoms with Crippen LogP contribution in [0.15, 0.2) is 72.8 Å². The van der Waals surface area contributed by atoms with Gasteiger partial charge in [0.05, 0.1) is 23.0 Å². The van der Waals surface area contributed by atoms with Gasteiger partial charge in [0, 0.05) is 29.2 Å². The van der Waals surface area contributed by atoms with E-state index >= 15 is 0 Å². The molecule has 1 aromatic heterocycles. The summed E-state index contributed by atoms with van der Waals surface area (Å²) in [5.74, 6) is 0.813. The fourth-order valence-electron chi connectivity index (χ4n) is 3.96. The van der Waals surface area contributed by atoms with Crippen molar-refractivity contribution in [2.24, 2.45) is 0 Å². The number of carbonyl (C=O) groups is 1. The Balaban J connectivity index is 1.60. The molecule has 0 fully saturated rings. The predicted octanol–water partition coefficient (Wildman–Crippen LogP) is 6.45. The van der Waals surface area contributed by atoms with Crippen LogP contribution in [-0.2, 0) is 17.9 Å². The number of nitrogen functional groups attached to an aromatic ring is 1. The Labute approximate surface area is 193 Å². The average molecular weight is 444 g/mol. The van der Waals surface area contributed by atoms with Crippen molar-refractivity contribution >= 4 is 28.4 Å². The van der Waals surface area contributed by atoms with Gasteiger partial charge >= 0.3 is 6.09 Å². The van der Waals surface area contributed by atoms with Crippen LogP contribution >= 0.6 is 0 Å². The molecule has 0 unspecified atom stereocenters. The van der Waals surface area contributed by atoms with Crippen LogP contribution in [0.5, 0.6) is 5.75 Å². The highest BCUT2D eigenvalue weighted by molar-refractivity contribution is 6.02. The summed E-state index contributed by atoms with van der Waals surface area (Å²) in [6.07, 6.45) is -0.413. The topological polar surface area (TPSA) is 78.5 Å². The van der Waals surface area contributed by atoms with Gasteiger partial charge in [0.2, 0.25) is 0 Å². The van der Waals surface area contributed by atoms with Gasteiger partial charge in [0.15, 0.2) is 0 Å². The molecule has 1 heterocycles. The van der Waals surface area contributed by atoms with Crippen LogP contribution < -0.4 is 15.8 Å². The molecule has 0 saturated heterocycles. The van der Waals surface area contributed by atoms with Crippen molar-refractivity contribution in [1.29, 1.82) is 0 Å². The largest absolute Gasteiger partial charge is 0.491 e. The number of nitrogens with zero attached hydrogens (tertiary/aromatic N) is 1. The van der Waals surface area contributed by atoms with Crippen molar-refractivity contribution in [1.82, 2.24) is 4.57 Å². The van der Waals surface area contributed by atoms with E-state index in [1.54, 1.807) is 0 Å². The van der Waals surface area contributed by atoms with E-state index in [0.29, 0.717) is 11.4 Å². The van der Waals surface area contributed by atoms with E-state index in [2.05, 4.69) is 16.8 Å². The summed E-state index contributed by atoms with van der Waals surface area (Å²) in [7, 11) is 0. The van der Waals surface area contributed by atoms with E-state index < -0.39 is 6.09 Å². The van der Waals surface area contributed by atoms with E-state index in [0.717, 1.165) is 40.0 Å². The Morgan fingerprint density at radius 1 is 1.03 bits per heavy atom. The molecule has 3 N–H and O–H groups in total. The lowest BCUT2D eigenvalue weighted by Crippen LogP contribution is -2.13. The molecule has 0 radical (unpaired) electrons. The van der Waals surface area contributed by atoms with Crippen molar-refractivity contribution < 1.29 is 14.3 Å². The molecule has 0 aliphatic heterocycles. The van der Waals surface area contributed by atoms with Gasteiger partial charge in [-0.3, -0.25) is 5.32 Å². The summed E-state index contributed by atoms with van der Waals surface area (Å²) in [6.45, 7) is 7.05. The van der Waals surface area contributed by atoms with Crippen molar-refractivity contribution in [3.8, 4) is 17.0 Å². The second-order valence-electron chi connectivity index (χ2n) is 8.12. The Morgan fingerprint density at radius 3 is 2.55 bits per heavy atom. The van der Waals surface area contributed by atoms with Crippen LogP contribution in [0.1, 0.15) is 26.3 Å². The number of rotatable bonds is 7. The molecule has 33 heavy (non-hydrogen) atoms. The number of aromatic nitrogens is 1. The molecule has 3 aromatic carbocycles. The average Bonchev–Trinajstić information content (AvgIpc) is 3.09. The van der Waals surface area contributed by atoms with E-state index in [9.17, 15) is 4.79 Å². The SMILES string of the molecule is CCn1c(-c2cccc(NC(=O)OCc3ccccc3)c2)c(N)c2ccc(OC(C)C)cc21. The maximum absolute atomic E-state index is 12.3. The smallest absolute Gasteiger partial charge is 0.411 e. The number of anilines is 2. The molecule has 1 amide bonds. The molecule has 170 valence electrons. The molecule has 0 saturated carbocycles. The van der Waals surface area contributed by atoms with Crippen molar-refractivity contribution in [3.05, 3.63) is 78.4 Å². The van der Waals surface area contributed by atoms with E-state index in [1.807, 2.05) is 86.6 Å². The van der Waals surface area contributed by atoms with Gasteiger partial charge < -0.3 is 19.8 Å². The standard InChI is InChI=1S/C27H29N3O3/c1-4-30-24-16-22(33-18(2)3)13-14-23(24)25(28)26(30)20-11-8-12-21(15-20)29-27(31)32-17-19-9-6-5-7-10-19/h5-16,18H,4,17,28H2,1-3H3,(H,29,31). The molecule has 4 rings (SSSR count). The lowest BCUT2D eigenvalue weighted by molar-refractivity contribution is 0.155. The van der Waals surface area contributed by atoms with E-state index in [1.165, 1.54) is 0 Å². The Kier molecular flexibility index (Phi) is 6.54. The number of nitrogens with one attached hydrogen (secondary N) is 1. The number of fused-ring (bicyclic) bond motifs is 1. The predicted molar refractivity (Wildman–Crippen MR) is 133 cm³/mol. The minimum atomic E-state index is -0.504. The third-order valence-electron chi connectivity index (χ3n) is 5.36. The van der Waals surface area contributed by atoms with Crippen LogP contribution in [0, 0.1) is 0 Å². The first kappa shape index (κ1) is 22.3. The number of amides is 1. The zero-order chi connectivity index (χ0) is 23.4. The highest BCUT2D eigenvalue weighted by Crippen LogP contribution is 2.38. The number of aryl methyl sites for hydroxylation is 1. The third kappa shape index (κ3) is 4.95. The summed E-state index contributed by atoms with van der Waals surface area (Å²) in [6, 6.07) is 23.2. The maximum Gasteiger partial charge on any atom is 0.411 e. The zero-order valence-electron chi connectivity index (χ0n) is 19.2. The molecule has 0 bridgehead atoms. The number of nitrogens with two attached hydrogens (primary N) is 1. The number of benzene rings is 3. The fraction of sp³-hybridized carbons (Fsp3) is 0.222. The lowest BCUT2D eigenvalue weighted by Gasteiger charge is -2.12. The second-order valence-corrected chi connectivity index (χ2v) is 8.12. The van der Waals surface area contributed by atoms with Gasteiger partial charge in [0.25, 0.3) is 0 Å². The van der Waals surface area contributed by atoms with Crippen LogP contribution in [0.3, 0.4) is 0 Å². The number of hydrogen-bond donors (Lipinski definition) is 2. The Hall–Kier alpha value is -3.93. The molecule has 0 aliphatic rings. The maximum atomic E-state index is 12.3. The second kappa shape index (κ2) is 9.69. The van der Waals surface area contributed by atoms with Gasteiger partial charge in [-0.1, -0.05) is 42.5 Å². The molecule has 0 spiro atoms. The van der Waals surface area contributed by atoms with Gasteiger partial charge in [-0.2, -0.15) is 0 Å². The quantitative estimate of drug-likeness (QED) is 0.344. The number of ether oxygens (including phenoxy) is 2. The number of hydrogen-bond acceptors (Lipinski definition) is 4. The molecule has 4 aromatic rings. The molecule has 6 heteroatoms. The Bertz CT molecular complexity index is 1260.